The van der Waals surface area contributed by atoms with E-state index in [-0.39, 0.29) is 10.00 Å². The maximum Gasteiger partial charge on any atom is 0.116 e. The Morgan fingerprint density at radius 2 is 1.65 bits per heavy atom. The van der Waals surface area contributed by atoms with Crippen molar-refractivity contribution < 1.29 is 5.11 Å². The van der Waals surface area contributed by atoms with Gasteiger partial charge < -0.3 is 5.11 Å². The first-order chi connectivity index (χ1) is 9.67. The largest absolute Gasteiger partial charge is 0.383 e. The first-order valence-corrected chi connectivity index (χ1v) is 9.78. The maximum absolute atomic E-state index is 11.8. The van der Waals surface area contributed by atoms with Crippen molar-refractivity contribution in [3.05, 3.63) is 35.9 Å². The Kier molecular flexibility index (Phi) is 4.40. The summed E-state index contributed by atoms with van der Waals surface area (Å²) in [5, 5.41) is 11.8. The van der Waals surface area contributed by atoms with E-state index in [0.29, 0.717) is 0 Å². The van der Waals surface area contributed by atoms with Crippen LogP contribution >= 0.6 is 23.5 Å². The third-order valence-corrected chi connectivity index (χ3v) is 8.16. The summed E-state index contributed by atoms with van der Waals surface area (Å²) in [6, 6.07) is 10.4. The molecule has 1 saturated heterocycles. The van der Waals surface area contributed by atoms with Crippen molar-refractivity contribution in [2.75, 3.05) is 11.5 Å². The highest BCUT2D eigenvalue weighted by Crippen LogP contribution is 2.58. The molecule has 20 heavy (non-hydrogen) atoms. The van der Waals surface area contributed by atoms with Crippen molar-refractivity contribution >= 4 is 23.5 Å². The zero-order valence-corrected chi connectivity index (χ0v) is 13.8. The average molecular weight is 309 g/mol. The van der Waals surface area contributed by atoms with Crippen molar-refractivity contribution in [2.45, 2.75) is 49.2 Å². The van der Waals surface area contributed by atoms with Gasteiger partial charge in [-0.2, -0.15) is 0 Å². The molecule has 1 atom stereocenters. The zero-order chi connectivity index (χ0) is 14.1. The van der Waals surface area contributed by atoms with Gasteiger partial charge in [0, 0.05) is 5.41 Å². The molecule has 1 aliphatic carbocycles. The van der Waals surface area contributed by atoms with Gasteiger partial charge in [-0.1, -0.05) is 50.1 Å². The summed E-state index contributed by atoms with van der Waals surface area (Å²) in [6.07, 6.45) is 6.08. The van der Waals surface area contributed by atoms with E-state index in [2.05, 4.69) is 31.2 Å². The highest BCUT2D eigenvalue weighted by Gasteiger charge is 2.54. The van der Waals surface area contributed by atoms with E-state index in [9.17, 15) is 5.11 Å². The molecule has 1 aromatic rings. The summed E-state index contributed by atoms with van der Waals surface area (Å²) in [4.78, 5) is 0. The lowest BCUT2D eigenvalue weighted by Crippen LogP contribution is -2.49. The van der Waals surface area contributed by atoms with Gasteiger partial charge in [-0.15, -0.1) is 23.5 Å². The molecule has 3 heteroatoms. The standard InChI is InChI=1S/C17H24OS2/c1-16(10-5-6-11-16)17(18,14-8-3-2-4-9-14)15-19-12-7-13-20-15/h2-4,8-9,15,18H,5-7,10-13H2,1H3. The first kappa shape index (κ1) is 14.8. The van der Waals surface area contributed by atoms with Crippen LogP contribution in [0.4, 0.5) is 0 Å². The molecule has 2 aliphatic rings. The van der Waals surface area contributed by atoms with Gasteiger partial charge in [0.05, 0.1) is 4.58 Å². The fraction of sp³-hybridized carbons (Fsp3) is 0.647. The van der Waals surface area contributed by atoms with Crippen LogP contribution in [0.15, 0.2) is 30.3 Å². The maximum atomic E-state index is 11.8. The van der Waals surface area contributed by atoms with E-state index >= 15 is 0 Å². The van der Waals surface area contributed by atoms with Crippen molar-refractivity contribution in [2.24, 2.45) is 5.41 Å². The molecule has 1 heterocycles. The summed E-state index contributed by atoms with van der Waals surface area (Å²) in [7, 11) is 0. The smallest absolute Gasteiger partial charge is 0.116 e. The molecule has 0 bridgehead atoms. The summed E-state index contributed by atoms with van der Waals surface area (Å²) in [5.41, 5.74) is 0.452. The molecule has 2 fully saturated rings. The minimum atomic E-state index is -0.694. The van der Waals surface area contributed by atoms with E-state index in [0.717, 1.165) is 18.4 Å². The predicted molar refractivity (Wildman–Crippen MR) is 90.2 cm³/mol. The van der Waals surface area contributed by atoms with Crippen LogP contribution < -0.4 is 0 Å². The number of hydrogen-bond donors (Lipinski definition) is 1. The predicted octanol–water partition coefficient (Wildman–Crippen LogP) is 4.65. The third kappa shape index (κ3) is 2.42. The number of hydrogen-bond acceptors (Lipinski definition) is 3. The van der Waals surface area contributed by atoms with Crippen molar-refractivity contribution in [3.63, 3.8) is 0 Å². The molecule has 1 unspecified atom stereocenters. The Hall–Kier alpha value is -0.120. The second-order valence-electron chi connectivity index (χ2n) is 6.33. The van der Waals surface area contributed by atoms with Gasteiger partial charge in [-0.3, -0.25) is 0 Å². The first-order valence-electron chi connectivity index (χ1n) is 7.68. The molecular weight excluding hydrogens is 284 g/mol. The minimum Gasteiger partial charge on any atom is -0.383 e. The Bertz CT molecular complexity index is 436. The van der Waals surface area contributed by atoms with Crippen molar-refractivity contribution in [3.8, 4) is 0 Å². The van der Waals surface area contributed by atoms with E-state index < -0.39 is 5.60 Å². The quantitative estimate of drug-likeness (QED) is 0.877. The molecule has 3 rings (SSSR count). The molecule has 0 spiro atoms. The lowest BCUT2D eigenvalue weighted by molar-refractivity contribution is -0.0662. The topological polar surface area (TPSA) is 20.2 Å². The zero-order valence-electron chi connectivity index (χ0n) is 12.2. The van der Waals surface area contributed by atoms with Gasteiger partial charge >= 0.3 is 0 Å². The van der Waals surface area contributed by atoms with Crippen LogP contribution in [0, 0.1) is 5.41 Å². The molecule has 0 aromatic heterocycles. The van der Waals surface area contributed by atoms with Gasteiger partial charge in [-0.25, -0.2) is 0 Å². The lowest BCUT2D eigenvalue weighted by Gasteiger charge is -2.48. The monoisotopic (exact) mass is 308 g/mol. The van der Waals surface area contributed by atoms with Gasteiger partial charge in [0.25, 0.3) is 0 Å². The van der Waals surface area contributed by atoms with Crippen molar-refractivity contribution in [1.29, 1.82) is 0 Å². The van der Waals surface area contributed by atoms with Gasteiger partial charge in [0.1, 0.15) is 5.60 Å². The number of aliphatic hydroxyl groups is 1. The van der Waals surface area contributed by atoms with Crippen LogP contribution in [-0.2, 0) is 5.60 Å². The molecule has 0 radical (unpaired) electrons. The summed E-state index contributed by atoms with van der Waals surface area (Å²) in [6.45, 7) is 2.31. The number of thioether (sulfide) groups is 2. The fourth-order valence-electron chi connectivity index (χ4n) is 3.73. The summed E-state index contributed by atoms with van der Waals surface area (Å²) in [5.74, 6) is 2.37. The van der Waals surface area contributed by atoms with Crippen LogP contribution in [0.1, 0.15) is 44.6 Å². The van der Waals surface area contributed by atoms with Gasteiger partial charge in [0.15, 0.2) is 0 Å². The second-order valence-corrected chi connectivity index (χ2v) is 9.05. The molecule has 0 amide bonds. The molecule has 1 nitrogen and oxygen atoms in total. The fourth-order valence-corrected chi connectivity index (χ4v) is 7.25. The molecule has 1 aromatic carbocycles. The Labute approximate surface area is 130 Å². The van der Waals surface area contributed by atoms with Crippen LogP contribution in [0.2, 0.25) is 0 Å². The molecule has 1 aliphatic heterocycles. The van der Waals surface area contributed by atoms with E-state index in [1.807, 2.05) is 29.6 Å². The Balaban J connectivity index is 2.02. The Morgan fingerprint density at radius 1 is 1.05 bits per heavy atom. The van der Waals surface area contributed by atoms with E-state index in [1.165, 1.54) is 30.8 Å². The number of benzene rings is 1. The Morgan fingerprint density at radius 3 is 2.25 bits per heavy atom. The second kappa shape index (κ2) is 5.94. The van der Waals surface area contributed by atoms with Gasteiger partial charge in [-0.05, 0) is 36.3 Å². The number of rotatable bonds is 3. The summed E-state index contributed by atoms with van der Waals surface area (Å²) >= 11 is 3.93. The normalized spacial score (nSPS) is 26.3. The highest BCUT2D eigenvalue weighted by atomic mass is 32.2. The molecule has 110 valence electrons. The van der Waals surface area contributed by atoms with Crippen LogP contribution in [-0.4, -0.2) is 21.2 Å². The highest BCUT2D eigenvalue weighted by molar-refractivity contribution is 8.17. The van der Waals surface area contributed by atoms with E-state index in [4.69, 9.17) is 0 Å². The minimum absolute atomic E-state index is 0.0242. The molecule has 1 N–H and O–H groups in total. The SMILES string of the molecule is CC1(C(O)(c2ccccc2)C2SCCCS2)CCCC1. The van der Waals surface area contributed by atoms with E-state index in [1.54, 1.807) is 0 Å². The van der Waals surface area contributed by atoms with Crippen molar-refractivity contribution in [1.82, 2.24) is 0 Å². The van der Waals surface area contributed by atoms with Gasteiger partial charge in [0.2, 0.25) is 0 Å². The summed E-state index contributed by atoms with van der Waals surface area (Å²) < 4.78 is 0.279. The van der Waals surface area contributed by atoms with Crippen LogP contribution in [0.3, 0.4) is 0 Å². The molecular formula is C17H24OS2. The molecule has 1 saturated carbocycles. The third-order valence-electron chi connectivity index (χ3n) is 5.01. The average Bonchev–Trinajstić information content (AvgIpc) is 2.96. The van der Waals surface area contributed by atoms with Crippen LogP contribution in [0.25, 0.3) is 0 Å². The van der Waals surface area contributed by atoms with Crippen LogP contribution in [0.5, 0.6) is 0 Å². The lowest BCUT2D eigenvalue weighted by atomic mass is 9.69.